The van der Waals surface area contributed by atoms with Crippen LogP contribution in [0.15, 0.2) is 18.5 Å². The van der Waals surface area contributed by atoms with Crippen molar-refractivity contribution in [1.82, 2.24) is 4.68 Å². The van der Waals surface area contributed by atoms with Gasteiger partial charge in [-0.2, -0.15) is 4.68 Å². The summed E-state index contributed by atoms with van der Waals surface area (Å²) in [6, 6.07) is 2.00. The van der Waals surface area contributed by atoms with E-state index in [1.165, 1.54) is 0 Å². The Morgan fingerprint density at radius 1 is 1.55 bits per heavy atom. The molecule has 1 aromatic heterocycles. The average molecular weight is 287 g/mol. The van der Waals surface area contributed by atoms with Gasteiger partial charge in [-0.1, -0.05) is 0 Å². The summed E-state index contributed by atoms with van der Waals surface area (Å²) in [5.41, 5.74) is 5.35. The Morgan fingerprint density at radius 3 is 2.55 bits per heavy atom. The predicted molar refractivity (Wildman–Crippen MR) is 45.0 cm³/mol. The maximum absolute atomic E-state index is 5.35. The molecule has 0 amide bonds. The Morgan fingerprint density at radius 2 is 2.18 bits per heavy atom. The van der Waals surface area contributed by atoms with Crippen LogP contribution in [-0.4, -0.2) is 11.2 Å². The second-order valence-corrected chi connectivity index (χ2v) is 2.02. The van der Waals surface area contributed by atoms with E-state index in [4.69, 9.17) is 5.73 Å². The Hall–Kier alpha value is 0.130. The molecule has 1 rings (SSSR count). The average Bonchev–Trinajstić information content (AvgIpc) is 2.18. The molecule has 0 atom stereocenters. The van der Waals surface area contributed by atoms with Crippen molar-refractivity contribution in [3.8, 4) is 0 Å². The van der Waals surface area contributed by atoms with Crippen molar-refractivity contribution >= 4 is 17.0 Å². The van der Waals surface area contributed by atoms with E-state index in [0.29, 0.717) is 6.54 Å². The van der Waals surface area contributed by atoms with Crippen molar-refractivity contribution in [2.45, 2.75) is 6.54 Å². The van der Waals surface area contributed by atoms with Crippen LogP contribution in [0.25, 0.3) is 0 Å². The molecule has 11 heavy (non-hydrogen) atoms. The van der Waals surface area contributed by atoms with Crippen LogP contribution in [0.1, 0.15) is 0 Å². The summed E-state index contributed by atoms with van der Waals surface area (Å²) >= 11 is 0. The molecule has 0 bridgehead atoms. The van der Waals surface area contributed by atoms with Gasteiger partial charge in [0.05, 0.1) is 12.7 Å². The van der Waals surface area contributed by atoms with Crippen LogP contribution in [0.5, 0.6) is 0 Å². The molecule has 0 saturated heterocycles. The third kappa shape index (κ3) is 3.88. The summed E-state index contributed by atoms with van der Waals surface area (Å²) in [6.07, 6.45) is 4.00. The monoisotopic (exact) mass is 285 g/mol. The van der Waals surface area contributed by atoms with Crippen molar-refractivity contribution in [1.29, 1.82) is 0 Å². The van der Waals surface area contributed by atoms with Crippen molar-refractivity contribution in [2.75, 3.05) is 6.54 Å². The van der Waals surface area contributed by atoms with Crippen molar-refractivity contribution in [2.24, 2.45) is 12.8 Å². The summed E-state index contributed by atoms with van der Waals surface area (Å²) in [7, 11) is 2.00. The van der Waals surface area contributed by atoms with Gasteiger partial charge in [-0.3, -0.25) is 0 Å². The first-order chi connectivity index (χ1) is 4.34. The Kier molecular flexibility index (Phi) is 8.49. The largest absolute Gasteiger partial charge is 1.00 e. The first-order valence-corrected chi connectivity index (χ1v) is 3.05. The van der Waals surface area contributed by atoms with E-state index in [1.54, 1.807) is 0 Å². The highest BCUT2D eigenvalue weighted by Gasteiger charge is 1.97. The number of nitrogens with two attached hydrogens (primary N) is 1. The molecule has 0 spiro atoms. The van der Waals surface area contributed by atoms with Gasteiger partial charge in [0.1, 0.15) is 0 Å². The molecule has 0 unspecified atom stereocenters. The first-order valence-electron chi connectivity index (χ1n) is 3.05. The second-order valence-electron chi connectivity index (χ2n) is 2.02. The minimum atomic E-state index is 0. The third-order valence-corrected chi connectivity index (χ3v) is 1.32. The summed E-state index contributed by atoms with van der Waals surface area (Å²) in [6.45, 7) is 1.59. The quantitative estimate of drug-likeness (QED) is 0.573. The normalized spacial score (nSPS) is 8.18. The van der Waals surface area contributed by atoms with E-state index in [0.717, 1.165) is 6.54 Å². The van der Waals surface area contributed by atoms with Crippen LogP contribution in [0.3, 0.4) is 0 Å². The molecule has 1 heterocycles. The van der Waals surface area contributed by atoms with E-state index < -0.39 is 0 Å². The maximum atomic E-state index is 5.35. The lowest BCUT2D eigenvalue weighted by Crippen LogP contribution is -3.00. The summed E-state index contributed by atoms with van der Waals surface area (Å²) < 4.78 is 4.06. The fourth-order valence-electron chi connectivity index (χ4n) is 0.818. The highest BCUT2D eigenvalue weighted by Crippen LogP contribution is 1.77. The number of hydrogen-bond acceptors (Lipinski definition) is 1. The zero-order chi connectivity index (χ0) is 6.69. The van der Waals surface area contributed by atoms with Crippen molar-refractivity contribution in [3.63, 3.8) is 0 Å². The summed E-state index contributed by atoms with van der Waals surface area (Å²) in [4.78, 5) is 0. The highest BCUT2D eigenvalue weighted by molar-refractivity contribution is 8.93. The van der Waals surface area contributed by atoms with Crippen molar-refractivity contribution < 1.29 is 21.7 Å². The van der Waals surface area contributed by atoms with Crippen LogP contribution < -0.4 is 27.4 Å². The zero-order valence-corrected chi connectivity index (χ0v) is 9.70. The summed E-state index contributed by atoms with van der Waals surface area (Å²) in [5.74, 6) is 0. The number of aryl methyl sites for hydroxylation is 1. The SMILES string of the molecule is Br.C[n+]1cccn1CCN.[Br-]. The lowest BCUT2D eigenvalue weighted by atomic mass is 10.6. The van der Waals surface area contributed by atoms with Gasteiger partial charge < -0.3 is 22.7 Å². The molecular formula is C6H13Br2N3. The van der Waals surface area contributed by atoms with Crippen LogP contribution in [0, 0.1) is 0 Å². The zero-order valence-electron chi connectivity index (χ0n) is 6.40. The minimum absolute atomic E-state index is 0. The minimum Gasteiger partial charge on any atom is -1.00 e. The fraction of sp³-hybridized carbons (Fsp3) is 0.500. The molecule has 0 radical (unpaired) electrons. The Labute approximate surface area is 87.7 Å². The van der Waals surface area contributed by atoms with Crippen LogP contribution >= 0.6 is 17.0 Å². The van der Waals surface area contributed by atoms with Crippen LogP contribution in [-0.2, 0) is 13.6 Å². The molecule has 66 valence electrons. The molecule has 1 aromatic rings. The Bertz CT molecular complexity index is 188. The number of nitrogens with zero attached hydrogens (tertiary/aromatic N) is 2. The van der Waals surface area contributed by atoms with Gasteiger partial charge in [-0.25, -0.2) is 0 Å². The van der Waals surface area contributed by atoms with Gasteiger partial charge in [0.15, 0.2) is 13.2 Å². The third-order valence-electron chi connectivity index (χ3n) is 1.32. The second kappa shape index (κ2) is 6.82. The molecular weight excluding hydrogens is 274 g/mol. The lowest BCUT2D eigenvalue weighted by Gasteiger charge is -1.93. The van der Waals surface area contributed by atoms with E-state index in [2.05, 4.69) is 4.68 Å². The van der Waals surface area contributed by atoms with Gasteiger partial charge in [0, 0.05) is 12.6 Å². The number of halogens is 2. The Balaban J connectivity index is 0. The van der Waals surface area contributed by atoms with Gasteiger partial charge in [0.2, 0.25) is 0 Å². The molecule has 3 nitrogen and oxygen atoms in total. The number of rotatable bonds is 2. The van der Waals surface area contributed by atoms with Crippen LogP contribution in [0.4, 0.5) is 0 Å². The van der Waals surface area contributed by atoms with Crippen LogP contribution in [0.2, 0.25) is 0 Å². The molecule has 0 fully saturated rings. The molecule has 0 aliphatic carbocycles. The first kappa shape index (κ1) is 13.7. The van der Waals surface area contributed by atoms with E-state index in [-0.39, 0.29) is 34.0 Å². The van der Waals surface area contributed by atoms with Gasteiger partial charge in [-0.15, -0.1) is 21.7 Å². The molecule has 5 heteroatoms. The molecule has 0 aliphatic rings. The molecule has 0 aromatic carbocycles. The number of hydrogen-bond donors (Lipinski definition) is 1. The van der Waals surface area contributed by atoms with E-state index >= 15 is 0 Å². The molecule has 0 aliphatic heterocycles. The highest BCUT2D eigenvalue weighted by atomic mass is 79.9. The lowest BCUT2D eigenvalue weighted by molar-refractivity contribution is -0.753. The van der Waals surface area contributed by atoms with Gasteiger partial charge >= 0.3 is 0 Å². The maximum Gasteiger partial charge on any atom is 0.195 e. The predicted octanol–water partition coefficient (Wildman–Crippen LogP) is -3.15. The standard InChI is InChI=1S/C6H12N3.2BrH/c1-8-4-2-5-9(8)6-3-7;;/h2,4-5H,3,6-7H2,1H3;2*1H/q+1;;/p-1. The van der Waals surface area contributed by atoms with Gasteiger partial charge in [0.25, 0.3) is 0 Å². The van der Waals surface area contributed by atoms with Gasteiger partial charge in [-0.05, 0) is 0 Å². The number of aromatic nitrogens is 2. The van der Waals surface area contributed by atoms with Crippen molar-refractivity contribution in [3.05, 3.63) is 18.5 Å². The fourth-order valence-corrected chi connectivity index (χ4v) is 0.818. The summed E-state index contributed by atoms with van der Waals surface area (Å²) in [5, 5.41) is 0. The molecule has 0 saturated carbocycles. The van der Waals surface area contributed by atoms with E-state index in [1.807, 2.05) is 30.2 Å². The topological polar surface area (TPSA) is 34.8 Å². The smallest absolute Gasteiger partial charge is 0.195 e. The van der Waals surface area contributed by atoms with E-state index in [9.17, 15) is 0 Å². The molecule has 2 N–H and O–H groups in total.